The number of tetrazole rings is 1. The van der Waals surface area contributed by atoms with Gasteiger partial charge in [0.1, 0.15) is 0 Å². The highest BCUT2D eigenvalue weighted by atomic mass is 35.5. The number of ether oxygens (including phenoxy) is 1. The molecule has 0 fully saturated rings. The second kappa shape index (κ2) is 9.32. The minimum Gasteiger partial charge on any atom is -0.390 e. The zero-order valence-electron chi connectivity index (χ0n) is 15.2. The van der Waals surface area contributed by atoms with Crippen LogP contribution in [0.15, 0.2) is 47.6 Å². The summed E-state index contributed by atoms with van der Waals surface area (Å²) in [6.45, 7) is 4.62. The molecule has 0 saturated heterocycles. The van der Waals surface area contributed by atoms with Gasteiger partial charge >= 0.3 is 0 Å². The predicted octanol–water partition coefficient (Wildman–Crippen LogP) is 3.60. The molecule has 0 radical (unpaired) electrons. The zero-order valence-corrected chi connectivity index (χ0v) is 16.7. The summed E-state index contributed by atoms with van der Waals surface area (Å²) in [7, 11) is 0. The van der Waals surface area contributed by atoms with Crippen LogP contribution in [0.3, 0.4) is 0 Å². The lowest BCUT2D eigenvalue weighted by Gasteiger charge is -2.13. The molecule has 1 unspecified atom stereocenters. The molecule has 2 aromatic carbocycles. The van der Waals surface area contributed by atoms with Gasteiger partial charge in [-0.2, -0.15) is 4.68 Å². The van der Waals surface area contributed by atoms with Crippen molar-refractivity contribution < 1.29 is 9.84 Å². The number of para-hydroxylation sites is 1. The van der Waals surface area contributed by atoms with E-state index in [9.17, 15) is 5.11 Å². The molecular weight excluding hydrogens is 384 g/mol. The van der Waals surface area contributed by atoms with Gasteiger partial charge in [-0.15, -0.1) is 5.10 Å². The van der Waals surface area contributed by atoms with E-state index in [4.69, 9.17) is 16.3 Å². The zero-order chi connectivity index (χ0) is 19.2. The SMILES string of the molecule is Cc1cccc(C)c1-n1nnnc1SCC(O)COCc1ccccc1Cl. The van der Waals surface area contributed by atoms with Gasteiger partial charge in [0.15, 0.2) is 0 Å². The molecular formula is C19H21ClN4O2S. The van der Waals surface area contributed by atoms with E-state index in [1.807, 2.05) is 56.3 Å². The first-order valence-electron chi connectivity index (χ1n) is 8.53. The van der Waals surface area contributed by atoms with Crippen LogP contribution in [0, 0.1) is 13.8 Å². The van der Waals surface area contributed by atoms with Crippen molar-refractivity contribution in [2.75, 3.05) is 12.4 Å². The minimum absolute atomic E-state index is 0.211. The number of hydrogen-bond donors (Lipinski definition) is 1. The summed E-state index contributed by atoms with van der Waals surface area (Å²) in [5.41, 5.74) is 4.05. The highest BCUT2D eigenvalue weighted by Gasteiger charge is 2.15. The van der Waals surface area contributed by atoms with Crippen LogP contribution in [-0.4, -0.2) is 43.8 Å². The largest absolute Gasteiger partial charge is 0.390 e. The van der Waals surface area contributed by atoms with Crippen molar-refractivity contribution in [1.82, 2.24) is 20.2 Å². The Hall–Kier alpha value is -1.93. The lowest BCUT2D eigenvalue weighted by Crippen LogP contribution is -2.18. The third-order valence-corrected chi connectivity index (χ3v) is 5.46. The standard InChI is InChI=1S/C19H21ClN4O2S/c1-13-6-5-7-14(2)18(13)24-19(21-22-23-24)27-12-16(25)11-26-10-15-8-3-4-9-17(15)20/h3-9,16,25H,10-12H2,1-2H3. The molecule has 1 atom stereocenters. The van der Waals surface area contributed by atoms with E-state index in [0.29, 0.717) is 22.5 Å². The van der Waals surface area contributed by atoms with Crippen LogP contribution in [0.5, 0.6) is 0 Å². The summed E-state index contributed by atoms with van der Waals surface area (Å²) < 4.78 is 7.29. The van der Waals surface area contributed by atoms with Gasteiger partial charge < -0.3 is 9.84 Å². The van der Waals surface area contributed by atoms with E-state index in [1.54, 1.807) is 4.68 Å². The first-order valence-corrected chi connectivity index (χ1v) is 9.89. The number of aliphatic hydroxyl groups is 1. The number of aliphatic hydroxyl groups excluding tert-OH is 1. The normalized spacial score (nSPS) is 12.3. The molecule has 8 heteroatoms. The lowest BCUT2D eigenvalue weighted by atomic mass is 10.1. The second-order valence-electron chi connectivity index (χ2n) is 6.19. The van der Waals surface area contributed by atoms with E-state index in [1.165, 1.54) is 11.8 Å². The van der Waals surface area contributed by atoms with Crippen LogP contribution in [0.1, 0.15) is 16.7 Å². The van der Waals surface area contributed by atoms with Crippen LogP contribution < -0.4 is 0 Å². The van der Waals surface area contributed by atoms with Gasteiger partial charge in [-0.05, 0) is 47.0 Å². The molecule has 1 N–H and O–H groups in total. The fraction of sp³-hybridized carbons (Fsp3) is 0.316. The number of thioether (sulfide) groups is 1. The van der Waals surface area contributed by atoms with Gasteiger partial charge in [0.05, 0.1) is 25.0 Å². The Morgan fingerprint density at radius 2 is 1.89 bits per heavy atom. The predicted molar refractivity (Wildman–Crippen MR) is 106 cm³/mol. The third kappa shape index (κ3) is 5.07. The fourth-order valence-electron chi connectivity index (χ4n) is 2.69. The Kier molecular flexibility index (Phi) is 6.84. The quantitative estimate of drug-likeness (QED) is 0.578. The number of halogens is 1. The molecule has 3 rings (SSSR count). The van der Waals surface area contributed by atoms with E-state index in [2.05, 4.69) is 15.5 Å². The fourth-order valence-corrected chi connectivity index (χ4v) is 3.66. The van der Waals surface area contributed by atoms with Crippen LogP contribution in [0.2, 0.25) is 5.02 Å². The lowest BCUT2D eigenvalue weighted by molar-refractivity contribution is 0.0398. The van der Waals surface area contributed by atoms with E-state index in [-0.39, 0.29) is 6.61 Å². The maximum atomic E-state index is 10.2. The van der Waals surface area contributed by atoms with Gasteiger partial charge in [0.25, 0.3) is 0 Å². The Morgan fingerprint density at radius 3 is 2.63 bits per heavy atom. The minimum atomic E-state index is -0.638. The molecule has 0 spiro atoms. The van der Waals surface area contributed by atoms with Gasteiger partial charge in [0.2, 0.25) is 5.16 Å². The second-order valence-corrected chi connectivity index (χ2v) is 7.58. The van der Waals surface area contributed by atoms with Crippen LogP contribution in [0.4, 0.5) is 0 Å². The molecule has 0 aliphatic rings. The highest BCUT2D eigenvalue weighted by molar-refractivity contribution is 7.99. The maximum Gasteiger partial charge on any atom is 0.214 e. The number of nitrogens with zero attached hydrogens (tertiary/aromatic N) is 4. The topological polar surface area (TPSA) is 73.1 Å². The molecule has 1 heterocycles. The van der Waals surface area contributed by atoms with Crippen LogP contribution >= 0.6 is 23.4 Å². The summed E-state index contributed by atoms with van der Waals surface area (Å²) in [4.78, 5) is 0. The summed E-state index contributed by atoms with van der Waals surface area (Å²) in [5.74, 6) is 0.424. The molecule has 3 aromatic rings. The third-order valence-electron chi connectivity index (χ3n) is 4.02. The van der Waals surface area contributed by atoms with Gasteiger partial charge in [-0.25, -0.2) is 0 Å². The van der Waals surface area contributed by atoms with Crippen molar-refractivity contribution >= 4 is 23.4 Å². The molecule has 142 valence electrons. The number of benzene rings is 2. The van der Waals surface area contributed by atoms with Crippen molar-refractivity contribution in [3.05, 3.63) is 64.2 Å². The average Bonchev–Trinajstić information content (AvgIpc) is 3.10. The average molecular weight is 405 g/mol. The van der Waals surface area contributed by atoms with Gasteiger partial charge in [-0.1, -0.05) is 59.8 Å². The maximum absolute atomic E-state index is 10.2. The first kappa shape index (κ1) is 19.8. The van der Waals surface area contributed by atoms with Crippen molar-refractivity contribution in [1.29, 1.82) is 0 Å². The Morgan fingerprint density at radius 1 is 1.15 bits per heavy atom. The number of rotatable bonds is 8. The van der Waals surface area contributed by atoms with Crippen LogP contribution in [-0.2, 0) is 11.3 Å². The summed E-state index contributed by atoms with van der Waals surface area (Å²) in [5, 5.41) is 23.5. The van der Waals surface area contributed by atoms with E-state index in [0.717, 1.165) is 22.4 Å². The van der Waals surface area contributed by atoms with Crippen molar-refractivity contribution in [3.63, 3.8) is 0 Å². The molecule has 1 aromatic heterocycles. The van der Waals surface area contributed by atoms with E-state index >= 15 is 0 Å². The monoisotopic (exact) mass is 404 g/mol. The Labute approximate surface area is 167 Å². The van der Waals surface area contributed by atoms with Crippen molar-refractivity contribution in [2.45, 2.75) is 31.7 Å². The van der Waals surface area contributed by atoms with Gasteiger partial charge in [0, 0.05) is 10.8 Å². The summed E-state index contributed by atoms with van der Waals surface area (Å²) in [6.07, 6.45) is -0.638. The molecule has 27 heavy (non-hydrogen) atoms. The van der Waals surface area contributed by atoms with Crippen LogP contribution in [0.25, 0.3) is 5.69 Å². The van der Waals surface area contributed by atoms with Gasteiger partial charge in [-0.3, -0.25) is 0 Å². The molecule has 0 aliphatic heterocycles. The smallest absolute Gasteiger partial charge is 0.214 e. The molecule has 6 nitrogen and oxygen atoms in total. The molecule has 0 bridgehead atoms. The summed E-state index contributed by atoms with van der Waals surface area (Å²) in [6, 6.07) is 13.6. The summed E-state index contributed by atoms with van der Waals surface area (Å²) >= 11 is 7.49. The first-order chi connectivity index (χ1) is 13.1. The van der Waals surface area contributed by atoms with Crippen molar-refractivity contribution in [2.24, 2.45) is 0 Å². The number of aromatic nitrogens is 4. The molecule has 0 saturated carbocycles. The Balaban J connectivity index is 1.55. The highest BCUT2D eigenvalue weighted by Crippen LogP contribution is 2.24. The molecule has 0 aliphatic carbocycles. The number of hydrogen-bond acceptors (Lipinski definition) is 6. The number of aryl methyl sites for hydroxylation is 2. The Bertz CT molecular complexity index is 883. The van der Waals surface area contributed by atoms with E-state index < -0.39 is 6.10 Å². The van der Waals surface area contributed by atoms with Crippen molar-refractivity contribution in [3.8, 4) is 5.69 Å². The molecule has 0 amide bonds.